The maximum absolute atomic E-state index is 9.32. The average molecular weight is 191 g/mol. The Morgan fingerprint density at radius 1 is 1.43 bits per heavy atom. The van der Waals surface area contributed by atoms with Gasteiger partial charge in [-0.3, -0.25) is 0 Å². The normalized spacial score (nSPS) is 15.6. The molecule has 14 heavy (non-hydrogen) atoms. The molecule has 0 aliphatic heterocycles. The Morgan fingerprint density at radius 2 is 2.21 bits per heavy atom. The number of aromatic amines is 1. The molecule has 0 spiro atoms. The summed E-state index contributed by atoms with van der Waals surface area (Å²) in [7, 11) is 0. The number of nitrogens with zero attached hydrogens (tertiary/aromatic N) is 1. The van der Waals surface area contributed by atoms with Gasteiger partial charge in [0.2, 0.25) is 0 Å². The summed E-state index contributed by atoms with van der Waals surface area (Å²) in [5, 5.41) is 9.32. The van der Waals surface area contributed by atoms with E-state index in [1.165, 1.54) is 0 Å². The monoisotopic (exact) mass is 191 g/mol. The third-order valence-electron chi connectivity index (χ3n) is 2.29. The van der Waals surface area contributed by atoms with Crippen LogP contribution < -0.4 is 5.73 Å². The zero-order valence-corrected chi connectivity index (χ0v) is 7.94. The van der Waals surface area contributed by atoms with Crippen molar-refractivity contribution in [1.82, 2.24) is 9.97 Å². The number of aliphatic hydroxyl groups is 1. The first-order valence-electron chi connectivity index (χ1n) is 4.56. The van der Waals surface area contributed by atoms with Gasteiger partial charge >= 0.3 is 0 Å². The minimum atomic E-state index is -0.584. The summed E-state index contributed by atoms with van der Waals surface area (Å²) in [6.45, 7) is 1.66. The molecule has 2 rings (SSSR count). The Balaban J connectivity index is 2.43. The summed E-state index contributed by atoms with van der Waals surface area (Å²) in [6.07, 6.45) is 1.24. The first-order valence-corrected chi connectivity index (χ1v) is 4.56. The third-order valence-corrected chi connectivity index (χ3v) is 2.29. The molecule has 0 aromatic carbocycles. The topological polar surface area (TPSA) is 74.9 Å². The number of fused-ring (bicyclic) bond motifs is 1. The predicted molar refractivity (Wildman–Crippen MR) is 54.7 cm³/mol. The lowest BCUT2D eigenvalue weighted by Gasteiger charge is -2.13. The first kappa shape index (κ1) is 9.18. The molecule has 2 aromatic heterocycles. The number of aliphatic hydroxyl groups excluding tert-OH is 1. The van der Waals surface area contributed by atoms with Crippen LogP contribution in [0.5, 0.6) is 0 Å². The van der Waals surface area contributed by atoms with Gasteiger partial charge in [-0.25, -0.2) is 4.98 Å². The van der Waals surface area contributed by atoms with Gasteiger partial charge in [0.15, 0.2) is 0 Å². The molecule has 0 radical (unpaired) electrons. The molecular formula is C10H13N3O. The lowest BCUT2D eigenvalue weighted by molar-refractivity contribution is 0.162. The summed E-state index contributed by atoms with van der Waals surface area (Å²) in [6, 6.07) is 5.21. The maximum Gasteiger partial charge on any atom is 0.0882 e. The second-order valence-electron chi connectivity index (χ2n) is 3.41. The van der Waals surface area contributed by atoms with Crippen molar-refractivity contribution < 1.29 is 5.11 Å². The van der Waals surface area contributed by atoms with E-state index in [9.17, 15) is 5.11 Å². The molecule has 2 aromatic rings. The van der Waals surface area contributed by atoms with Crippen molar-refractivity contribution in [3.63, 3.8) is 0 Å². The van der Waals surface area contributed by atoms with Gasteiger partial charge in [0.05, 0.1) is 28.9 Å². The van der Waals surface area contributed by atoms with Crippen LogP contribution >= 0.6 is 0 Å². The fourth-order valence-corrected chi connectivity index (χ4v) is 1.38. The number of aromatic nitrogens is 2. The summed E-state index contributed by atoms with van der Waals surface area (Å²) in [5.74, 6) is 0. The number of H-pyrrole nitrogens is 1. The lowest BCUT2D eigenvalue weighted by Crippen LogP contribution is -2.24. The van der Waals surface area contributed by atoms with Crippen molar-refractivity contribution >= 4 is 11.0 Å². The molecule has 0 saturated heterocycles. The molecule has 0 bridgehead atoms. The van der Waals surface area contributed by atoms with Crippen LogP contribution in [0.3, 0.4) is 0 Å². The second kappa shape index (κ2) is 3.40. The number of rotatable bonds is 2. The van der Waals surface area contributed by atoms with Crippen LogP contribution in [0.1, 0.15) is 18.7 Å². The largest absolute Gasteiger partial charge is 0.391 e. The minimum absolute atomic E-state index is 0.422. The third kappa shape index (κ3) is 1.49. The zero-order valence-electron chi connectivity index (χ0n) is 7.94. The molecular weight excluding hydrogens is 178 g/mol. The Kier molecular flexibility index (Phi) is 2.23. The molecule has 4 N–H and O–H groups in total. The lowest BCUT2D eigenvalue weighted by atomic mass is 10.1. The maximum atomic E-state index is 9.32. The van der Waals surface area contributed by atoms with Gasteiger partial charge < -0.3 is 15.8 Å². The van der Waals surface area contributed by atoms with Crippen molar-refractivity contribution in [2.75, 3.05) is 0 Å². The highest BCUT2D eigenvalue weighted by molar-refractivity contribution is 5.74. The molecule has 2 unspecified atom stereocenters. The van der Waals surface area contributed by atoms with Crippen LogP contribution in [0.2, 0.25) is 0 Å². The van der Waals surface area contributed by atoms with E-state index in [0.29, 0.717) is 5.69 Å². The number of nitrogens with two attached hydrogens (primary N) is 1. The number of pyridine rings is 1. The van der Waals surface area contributed by atoms with Crippen LogP contribution in [0.15, 0.2) is 24.4 Å². The summed E-state index contributed by atoms with van der Waals surface area (Å²) < 4.78 is 0. The van der Waals surface area contributed by atoms with Crippen molar-refractivity contribution in [2.45, 2.75) is 19.1 Å². The summed E-state index contributed by atoms with van der Waals surface area (Å²) >= 11 is 0. The van der Waals surface area contributed by atoms with E-state index in [1.54, 1.807) is 6.92 Å². The van der Waals surface area contributed by atoms with Gasteiger partial charge in [0.25, 0.3) is 0 Å². The highest BCUT2D eigenvalue weighted by Crippen LogP contribution is 2.16. The highest BCUT2D eigenvalue weighted by atomic mass is 16.3. The van der Waals surface area contributed by atoms with E-state index in [0.717, 1.165) is 11.0 Å². The molecule has 2 atom stereocenters. The summed E-state index contributed by atoms with van der Waals surface area (Å²) in [4.78, 5) is 7.39. The smallest absolute Gasteiger partial charge is 0.0882 e. The number of hydrogen-bond acceptors (Lipinski definition) is 3. The van der Waals surface area contributed by atoms with Gasteiger partial charge in [-0.15, -0.1) is 0 Å². The Hall–Kier alpha value is -1.39. The van der Waals surface area contributed by atoms with Crippen molar-refractivity contribution in [3.05, 3.63) is 30.1 Å². The van der Waals surface area contributed by atoms with Crippen molar-refractivity contribution in [3.8, 4) is 0 Å². The van der Waals surface area contributed by atoms with Gasteiger partial charge in [-0.1, -0.05) is 0 Å². The fourth-order valence-electron chi connectivity index (χ4n) is 1.38. The minimum Gasteiger partial charge on any atom is -0.391 e. The van der Waals surface area contributed by atoms with Crippen LogP contribution in [0.4, 0.5) is 0 Å². The van der Waals surface area contributed by atoms with Gasteiger partial charge in [-0.2, -0.15) is 0 Å². The quantitative estimate of drug-likeness (QED) is 0.661. The van der Waals surface area contributed by atoms with Gasteiger partial charge in [0.1, 0.15) is 0 Å². The molecule has 4 heteroatoms. The van der Waals surface area contributed by atoms with E-state index in [4.69, 9.17) is 5.73 Å². The molecule has 4 nitrogen and oxygen atoms in total. The van der Waals surface area contributed by atoms with E-state index < -0.39 is 12.1 Å². The Morgan fingerprint density at radius 3 is 2.93 bits per heavy atom. The zero-order chi connectivity index (χ0) is 10.1. The fraction of sp³-hybridized carbons (Fsp3) is 0.300. The standard InChI is InChI=1S/C10H13N3O/c1-6(14)10(11)9-3-2-7-8(13-9)4-5-12-7/h2-6,10,12,14H,11H2,1H3. The van der Waals surface area contributed by atoms with Crippen molar-refractivity contribution in [2.24, 2.45) is 5.73 Å². The van der Waals surface area contributed by atoms with Crippen LogP contribution in [-0.4, -0.2) is 21.2 Å². The molecule has 0 amide bonds. The Bertz CT molecular complexity index is 436. The van der Waals surface area contributed by atoms with E-state index in [-0.39, 0.29) is 0 Å². The van der Waals surface area contributed by atoms with Crippen LogP contribution in [0, 0.1) is 0 Å². The van der Waals surface area contributed by atoms with E-state index in [2.05, 4.69) is 9.97 Å². The average Bonchev–Trinajstić information content (AvgIpc) is 2.62. The Labute approximate surface area is 81.8 Å². The number of nitrogens with one attached hydrogen (secondary N) is 1. The molecule has 2 heterocycles. The highest BCUT2D eigenvalue weighted by Gasteiger charge is 2.13. The van der Waals surface area contributed by atoms with E-state index >= 15 is 0 Å². The summed E-state index contributed by atoms with van der Waals surface area (Å²) in [5.41, 5.74) is 8.34. The van der Waals surface area contributed by atoms with Gasteiger partial charge in [0, 0.05) is 6.20 Å². The molecule has 0 aliphatic carbocycles. The van der Waals surface area contributed by atoms with Crippen LogP contribution in [0.25, 0.3) is 11.0 Å². The van der Waals surface area contributed by atoms with Crippen LogP contribution in [-0.2, 0) is 0 Å². The van der Waals surface area contributed by atoms with E-state index in [1.807, 2.05) is 24.4 Å². The van der Waals surface area contributed by atoms with Gasteiger partial charge in [-0.05, 0) is 25.1 Å². The molecule has 0 aliphatic rings. The molecule has 0 fully saturated rings. The molecule has 74 valence electrons. The predicted octanol–water partition coefficient (Wildman–Crippen LogP) is 0.944. The number of hydrogen-bond donors (Lipinski definition) is 3. The second-order valence-corrected chi connectivity index (χ2v) is 3.41. The van der Waals surface area contributed by atoms with Crippen molar-refractivity contribution in [1.29, 1.82) is 0 Å². The first-order chi connectivity index (χ1) is 6.68. The SMILES string of the molecule is CC(O)C(N)c1ccc2[nH]ccc2n1. The molecule has 0 saturated carbocycles.